The lowest BCUT2D eigenvalue weighted by atomic mass is 10.0. The molecule has 0 spiro atoms. The lowest BCUT2D eigenvalue weighted by Gasteiger charge is -2.08. The van der Waals surface area contributed by atoms with Crippen LogP contribution in [0.3, 0.4) is 0 Å². The van der Waals surface area contributed by atoms with Gasteiger partial charge in [-0.25, -0.2) is 13.4 Å². The molecule has 5 N–H and O–H groups in total. The van der Waals surface area contributed by atoms with Crippen LogP contribution in [0.4, 0.5) is 17.2 Å². The first-order valence-electron chi connectivity index (χ1n) is 8.41. The molecule has 0 amide bonds. The topological polar surface area (TPSA) is 111 Å². The Balaban J connectivity index is 1.81. The SMILES string of the molecule is CS(=O)(=O)Nc1ccc(-c2cnc(N)c3c(-c4ccc(N)cc4)csc23)cc1. The zero-order valence-corrected chi connectivity index (χ0v) is 16.6. The minimum Gasteiger partial charge on any atom is -0.399 e. The Hall–Kier alpha value is -3.10. The van der Waals surface area contributed by atoms with Crippen LogP contribution in [0.25, 0.3) is 32.3 Å². The quantitative estimate of drug-likeness (QED) is 0.437. The smallest absolute Gasteiger partial charge is 0.229 e. The van der Waals surface area contributed by atoms with Crippen molar-refractivity contribution in [2.75, 3.05) is 22.4 Å². The van der Waals surface area contributed by atoms with Crippen molar-refractivity contribution in [1.82, 2.24) is 4.98 Å². The maximum Gasteiger partial charge on any atom is 0.229 e. The van der Waals surface area contributed by atoms with Crippen molar-refractivity contribution >= 4 is 48.6 Å². The maximum absolute atomic E-state index is 11.4. The highest BCUT2D eigenvalue weighted by atomic mass is 32.2. The average Bonchev–Trinajstić information content (AvgIpc) is 3.08. The monoisotopic (exact) mass is 410 g/mol. The number of sulfonamides is 1. The molecule has 142 valence electrons. The van der Waals surface area contributed by atoms with Gasteiger partial charge in [-0.15, -0.1) is 11.3 Å². The summed E-state index contributed by atoms with van der Waals surface area (Å²) in [5, 5.41) is 2.97. The second-order valence-electron chi connectivity index (χ2n) is 6.48. The van der Waals surface area contributed by atoms with E-state index in [-0.39, 0.29) is 0 Å². The van der Waals surface area contributed by atoms with Gasteiger partial charge in [0.05, 0.1) is 6.26 Å². The van der Waals surface area contributed by atoms with E-state index in [9.17, 15) is 8.42 Å². The number of hydrogen-bond acceptors (Lipinski definition) is 6. The molecule has 8 heteroatoms. The summed E-state index contributed by atoms with van der Waals surface area (Å²) in [6, 6.07) is 14.8. The summed E-state index contributed by atoms with van der Waals surface area (Å²) in [6.45, 7) is 0. The van der Waals surface area contributed by atoms with Crippen molar-refractivity contribution in [1.29, 1.82) is 0 Å². The van der Waals surface area contributed by atoms with Crippen LogP contribution in [0.2, 0.25) is 0 Å². The molecule has 28 heavy (non-hydrogen) atoms. The largest absolute Gasteiger partial charge is 0.399 e. The number of hydrogen-bond donors (Lipinski definition) is 3. The Morgan fingerprint density at radius 2 is 1.54 bits per heavy atom. The zero-order chi connectivity index (χ0) is 19.9. The summed E-state index contributed by atoms with van der Waals surface area (Å²) in [5.41, 5.74) is 17.1. The number of pyridine rings is 1. The summed E-state index contributed by atoms with van der Waals surface area (Å²) >= 11 is 1.60. The molecule has 0 radical (unpaired) electrons. The number of nitrogens with zero attached hydrogens (tertiary/aromatic N) is 1. The van der Waals surface area contributed by atoms with Gasteiger partial charge in [-0.05, 0) is 40.8 Å². The van der Waals surface area contributed by atoms with Crippen LogP contribution >= 0.6 is 11.3 Å². The summed E-state index contributed by atoms with van der Waals surface area (Å²) in [5.74, 6) is 0.474. The second-order valence-corrected chi connectivity index (χ2v) is 9.11. The van der Waals surface area contributed by atoms with Gasteiger partial charge in [0.1, 0.15) is 5.82 Å². The molecule has 2 heterocycles. The van der Waals surface area contributed by atoms with Gasteiger partial charge < -0.3 is 11.5 Å². The van der Waals surface area contributed by atoms with Crippen LogP contribution in [0.15, 0.2) is 60.1 Å². The highest BCUT2D eigenvalue weighted by Crippen LogP contribution is 2.41. The molecular weight excluding hydrogens is 392 g/mol. The fourth-order valence-electron chi connectivity index (χ4n) is 3.08. The molecule has 2 aromatic heterocycles. The molecule has 6 nitrogen and oxygen atoms in total. The van der Waals surface area contributed by atoms with E-state index < -0.39 is 10.0 Å². The normalized spacial score (nSPS) is 11.6. The van der Waals surface area contributed by atoms with E-state index in [0.29, 0.717) is 17.2 Å². The van der Waals surface area contributed by atoms with Gasteiger partial charge >= 0.3 is 0 Å². The third-order valence-electron chi connectivity index (χ3n) is 4.35. The number of nitrogens with one attached hydrogen (secondary N) is 1. The molecule has 0 aliphatic rings. The molecule has 0 aliphatic carbocycles. The van der Waals surface area contributed by atoms with Gasteiger partial charge in [0, 0.05) is 38.8 Å². The summed E-state index contributed by atoms with van der Waals surface area (Å²) in [4.78, 5) is 4.39. The van der Waals surface area contributed by atoms with E-state index in [1.807, 2.05) is 36.4 Å². The Labute approximate surface area is 166 Å². The predicted octanol–water partition coefficient (Wildman–Crippen LogP) is 4.17. The standard InChI is InChI=1S/C20H18N4O2S2/c1-28(25,26)24-15-8-4-12(5-9-15)16-10-23-20(22)18-17(11-27-19(16)18)13-2-6-14(21)7-3-13/h2-11,24H,21H2,1H3,(H2,22,23). The highest BCUT2D eigenvalue weighted by Gasteiger charge is 2.15. The lowest BCUT2D eigenvalue weighted by molar-refractivity contribution is 0.607. The van der Waals surface area contributed by atoms with E-state index in [2.05, 4.69) is 15.1 Å². The van der Waals surface area contributed by atoms with E-state index >= 15 is 0 Å². The number of thiophene rings is 1. The minimum atomic E-state index is -3.31. The van der Waals surface area contributed by atoms with Crippen LogP contribution in [-0.2, 0) is 10.0 Å². The van der Waals surface area contributed by atoms with Crippen molar-refractivity contribution in [2.45, 2.75) is 0 Å². The van der Waals surface area contributed by atoms with Gasteiger partial charge in [-0.2, -0.15) is 0 Å². The van der Waals surface area contributed by atoms with Crippen LogP contribution in [0.1, 0.15) is 0 Å². The van der Waals surface area contributed by atoms with E-state index in [0.717, 1.165) is 38.6 Å². The first-order chi connectivity index (χ1) is 13.3. The number of aromatic nitrogens is 1. The molecule has 4 aromatic rings. The number of nitrogen functional groups attached to an aromatic ring is 2. The second kappa shape index (κ2) is 6.81. The summed E-state index contributed by atoms with van der Waals surface area (Å²) < 4.78 is 26.3. The van der Waals surface area contributed by atoms with E-state index in [1.54, 1.807) is 29.7 Å². The molecule has 0 atom stereocenters. The minimum absolute atomic E-state index is 0.474. The molecule has 4 rings (SSSR count). The Kier molecular flexibility index (Phi) is 4.44. The number of rotatable bonds is 4. The van der Waals surface area contributed by atoms with Crippen LogP contribution in [0, 0.1) is 0 Å². The van der Waals surface area contributed by atoms with Crippen molar-refractivity contribution in [2.24, 2.45) is 0 Å². The van der Waals surface area contributed by atoms with Crippen LogP contribution in [-0.4, -0.2) is 19.7 Å². The summed E-state index contributed by atoms with van der Waals surface area (Å²) in [6.07, 6.45) is 2.87. The molecule has 2 aromatic carbocycles. The Morgan fingerprint density at radius 1 is 0.929 bits per heavy atom. The Bertz CT molecular complexity index is 1260. The first kappa shape index (κ1) is 18.3. The third kappa shape index (κ3) is 3.51. The van der Waals surface area contributed by atoms with Crippen molar-refractivity contribution in [3.8, 4) is 22.3 Å². The highest BCUT2D eigenvalue weighted by molar-refractivity contribution is 7.92. The number of benzene rings is 2. The van der Waals surface area contributed by atoms with Crippen molar-refractivity contribution in [3.63, 3.8) is 0 Å². The summed E-state index contributed by atoms with van der Waals surface area (Å²) in [7, 11) is -3.31. The van der Waals surface area contributed by atoms with Crippen LogP contribution in [0.5, 0.6) is 0 Å². The lowest BCUT2D eigenvalue weighted by Crippen LogP contribution is -2.09. The average molecular weight is 411 g/mol. The molecule has 0 aliphatic heterocycles. The zero-order valence-electron chi connectivity index (χ0n) is 15.0. The molecular formula is C20H18N4O2S2. The van der Waals surface area contributed by atoms with Crippen molar-refractivity contribution < 1.29 is 8.42 Å². The van der Waals surface area contributed by atoms with Gasteiger partial charge in [0.2, 0.25) is 10.0 Å². The van der Waals surface area contributed by atoms with E-state index in [4.69, 9.17) is 11.5 Å². The predicted molar refractivity (Wildman–Crippen MR) is 118 cm³/mol. The molecule has 0 bridgehead atoms. The van der Waals surface area contributed by atoms with Crippen molar-refractivity contribution in [3.05, 3.63) is 60.1 Å². The van der Waals surface area contributed by atoms with Gasteiger partial charge in [-0.1, -0.05) is 24.3 Å². The first-order valence-corrected chi connectivity index (χ1v) is 11.2. The van der Waals surface area contributed by atoms with E-state index in [1.165, 1.54) is 0 Å². The Morgan fingerprint density at radius 3 is 2.18 bits per heavy atom. The molecule has 0 unspecified atom stereocenters. The fraction of sp³-hybridized carbons (Fsp3) is 0.0500. The van der Waals surface area contributed by atoms with Gasteiger partial charge in [0.25, 0.3) is 0 Å². The maximum atomic E-state index is 11.4. The molecule has 0 saturated heterocycles. The van der Waals surface area contributed by atoms with Crippen LogP contribution < -0.4 is 16.2 Å². The third-order valence-corrected chi connectivity index (χ3v) is 5.97. The number of fused-ring (bicyclic) bond motifs is 1. The molecule has 0 fully saturated rings. The number of nitrogens with two attached hydrogens (primary N) is 2. The molecule has 0 saturated carbocycles. The number of anilines is 3. The van der Waals surface area contributed by atoms with Gasteiger partial charge in [-0.3, -0.25) is 4.72 Å². The fourth-order valence-corrected chi connectivity index (χ4v) is 4.76. The van der Waals surface area contributed by atoms with Gasteiger partial charge in [0.15, 0.2) is 0 Å².